The molecule has 0 aromatic rings. The van der Waals surface area contributed by atoms with E-state index in [1.165, 1.54) is 0 Å². The van der Waals surface area contributed by atoms with Gasteiger partial charge in [0.15, 0.2) is 0 Å². The summed E-state index contributed by atoms with van der Waals surface area (Å²) in [6.45, 7) is 2.42. The van der Waals surface area contributed by atoms with Crippen LogP contribution in [-0.2, 0) is 0 Å². The maximum Gasteiger partial charge on any atom is 0.114 e. The molecule has 0 aromatic heterocycles. The van der Waals surface area contributed by atoms with Crippen LogP contribution in [0, 0.1) is 0 Å². The van der Waals surface area contributed by atoms with E-state index in [0.717, 1.165) is 25.9 Å². The molecule has 3 heteroatoms. The number of nitrogens with zero attached hydrogens (tertiary/aromatic N) is 1. The van der Waals surface area contributed by atoms with Crippen LogP contribution in [0.3, 0.4) is 0 Å². The van der Waals surface area contributed by atoms with Crippen molar-refractivity contribution in [2.75, 3.05) is 19.6 Å². The number of rotatable bonds is 2. The van der Waals surface area contributed by atoms with Crippen LogP contribution in [-0.4, -0.2) is 36.2 Å². The van der Waals surface area contributed by atoms with Crippen LogP contribution < -0.4 is 5.73 Å². The van der Waals surface area contributed by atoms with Gasteiger partial charge in [0.1, 0.15) is 6.17 Å². The molecule has 1 atom stereocenters. The van der Waals surface area contributed by atoms with E-state index >= 15 is 0 Å². The van der Waals surface area contributed by atoms with Gasteiger partial charge in [-0.25, -0.2) is 4.39 Å². The molecule has 1 heterocycles. The van der Waals surface area contributed by atoms with Gasteiger partial charge in [-0.2, -0.15) is 0 Å². The van der Waals surface area contributed by atoms with Crippen LogP contribution in [0.1, 0.15) is 19.3 Å². The highest BCUT2D eigenvalue weighted by molar-refractivity contribution is 5.01. The Morgan fingerprint density at radius 2 is 2.27 bits per heavy atom. The molecule has 0 amide bonds. The Labute approximate surface area is 66.5 Å². The molecule has 2 nitrogen and oxygen atoms in total. The predicted octanol–water partition coefficient (Wildman–Crippen LogP) is 0.521. The van der Waals surface area contributed by atoms with Gasteiger partial charge >= 0.3 is 0 Å². The van der Waals surface area contributed by atoms with Gasteiger partial charge in [0.2, 0.25) is 0 Å². The van der Waals surface area contributed by atoms with Gasteiger partial charge in [0, 0.05) is 25.2 Å². The summed E-state index contributed by atoms with van der Waals surface area (Å²) in [4.78, 5) is 2.15. The van der Waals surface area contributed by atoms with E-state index in [0.29, 0.717) is 13.0 Å². The van der Waals surface area contributed by atoms with Crippen LogP contribution in [0.4, 0.5) is 4.39 Å². The van der Waals surface area contributed by atoms with Crippen LogP contribution >= 0.6 is 0 Å². The molecular formula is C8H15FN2. The second-order valence-electron chi connectivity index (χ2n) is 3.98. The number of hydrogen-bond acceptors (Lipinski definition) is 2. The Bertz CT molecular complexity index is 156. The van der Waals surface area contributed by atoms with Crippen molar-refractivity contribution in [2.24, 2.45) is 5.73 Å². The van der Waals surface area contributed by atoms with Gasteiger partial charge in [-0.3, -0.25) is 4.90 Å². The number of nitrogens with two attached hydrogens (primary N) is 1. The highest BCUT2D eigenvalue weighted by Crippen LogP contribution is 2.33. The van der Waals surface area contributed by atoms with Crippen molar-refractivity contribution < 1.29 is 4.39 Å². The molecule has 0 spiro atoms. The van der Waals surface area contributed by atoms with E-state index < -0.39 is 6.17 Å². The van der Waals surface area contributed by atoms with E-state index in [-0.39, 0.29) is 5.54 Å². The minimum atomic E-state index is -0.600. The summed E-state index contributed by atoms with van der Waals surface area (Å²) in [6.07, 6.45) is 2.36. The molecular weight excluding hydrogens is 143 g/mol. The average Bonchev–Trinajstić information content (AvgIpc) is 2.49. The molecule has 0 bridgehead atoms. The van der Waals surface area contributed by atoms with Gasteiger partial charge in [-0.05, 0) is 19.3 Å². The van der Waals surface area contributed by atoms with E-state index in [1.54, 1.807) is 0 Å². The number of halogens is 1. The average molecular weight is 158 g/mol. The van der Waals surface area contributed by atoms with Crippen molar-refractivity contribution in [3.63, 3.8) is 0 Å². The lowest BCUT2D eigenvalue weighted by molar-refractivity contribution is 0.269. The lowest BCUT2D eigenvalue weighted by atomic mass is 10.3. The topological polar surface area (TPSA) is 29.3 Å². The van der Waals surface area contributed by atoms with Gasteiger partial charge in [0.05, 0.1) is 0 Å². The molecule has 0 radical (unpaired) electrons. The van der Waals surface area contributed by atoms with E-state index in [4.69, 9.17) is 5.73 Å². The van der Waals surface area contributed by atoms with Crippen molar-refractivity contribution in [3.8, 4) is 0 Å². The Hall–Kier alpha value is -0.150. The van der Waals surface area contributed by atoms with Gasteiger partial charge in [0.25, 0.3) is 0 Å². The molecule has 2 N–H and O–H groups in total. The van der Waals surface area contributed by atoms with Gasteiger partial charge in [-0.15, -0.1) is 0 Å². The molecule has 11 heavy (non-hydrogen) atoms. The summed E-state index contributed by atoms with van der Waals surface area (Å²) in [5.74, 6) is 0. The molecule has 2 aliphatic rings. The van der Waals surface area contributed by atoms with E-state index in [9.17, 15) is 4.39 Å². The van der Waals surface area contributed by atoms with Crippen molar-refractivity contribution >= 4 is 0 Å². The van der Waals surface area contributed by atoms with Crippen LogP contribution in [0.2, 0.25) is 0 Å². The summed E-state index contributed by atoms with van der Waals surface area (Å²) in [7, 11) is 0. The lowest BCUT2D eigenvalue weighted by Crippen LogP contribution is -2.38. The summed E-state index contributed by atoms with van der Waals surface area (Å²) < 4.78 is 12.7. The Kier molecular flexibility index (Phi) is 1.65. The Balaban J connectivity index is 1.79. The van der Waals surface area contributed by atoms with E-state index in [2.05, 4.69) is 4.90 Å². The normalized spacial score (nSPS) is 36.0. The van der Waals surface area contributed by atoms with Gasteiger partial charge < -0.3 is 5.73 Å². The quantitative estimate of drug-likeness (QED) is 0.635. The fourth-order valence-corrected chi connectivity index (χ4v) is 1.69. The van der Waals surface area contributed by atoms with Crippen LogP contribution in [0.5, 0.6) is 0 Å². The standard InChI is InChI=1S/C8H15FN2/c9-7-1-4-11(5-7)6-8(10)2-3-8/h7H,1-6,10H2. The predicted molar refractivity (Wildman–Crippen MR) is 42.1 cm³/mol. The third-order valence-corrected chi connectivity index (χ3v) is 2.65. The molecule has 1 saturated carbocycles. The number of likely N-dealkylation sites (tertiary alicyclic amines) is 1. The van der Waals surface area contributed by atoms with Crippen molar-refractivity contribution in [3.05, 3.63) is 0 Å². The maximum atomic E-state index is 12.7. The molecule has 0 aromatic carbocycles. The Morgan fingerprint density at radius 3 is 2.73 bits per heavy atom. The highest BCUT2D eigenvalue weighted by Gasteiger charge is 2.40. The molecule has 2 rings (SSSR count). The fraction of sp³-hybridized carbons (Fsp3) is 1.00. The summed E-state index contributed by atoms with van der Waals surface area (Å²) >= 11 is 0. The van der Waals surface area contributed by atoms with Crippen LogP contribution in [0.15, 0.2) is 0 Å². The minimum Gasteiger partial charge on any atom is -0.324 e. The third-order valence-electron chi connectivity index (χ3n) is 2.65. The summed E-state index contributed by atoms with van der Waals surface area (Å²) in [6, 6.07) is 0. The first kappa shape index (κ1) is 7.50. The zero-order chi connectivity index (χ0) is 7.90. The third kappa shape index (κ3) is 1.71. The first-order valence-corrected chi connectivity index (χ1v) is 4.33. The minimum absolute atomic E-state index is 0.0596. The largest absolute Gasteiger partial charge is 0.324 e. The summed E-state index contributed by atoms with van der Waals surface area (Å²) in [5.41, 5.74) is 5.97. The number of hydrogen-bond donors (Lipinski definition) is 1. The molecule has 2 fully saturated rings. The van der Waals surface area contributed by atoms with Crippen LogP contribution in [0.25, 0.3) is 0 Å². The first-order valence-electron chi connectivity index (χ1n) is 4.33. The smallest absolute Gasteiger partial charge is 0.114 e. The van der Waals surface area contributed by atoms with Crippen molar-refractivity contribution in [2.45, 2.75) is 31.0 Å². The van der Waals surface area contributed by atoms with Crippen molar-refractivity contribution in [1.82, 2.24) is 4.90 Å². The second kappa shape index (κ2) is 2.42. The van der Waals surface area contributed by atoms with Gasteiger partial charge in [-0.1, -0.05) is 0 Å². The number of alkyl halides is 1. The molecule has 1 unspecified atom stereocenters. The Morgan fingerprint density at radius 1 is 1.55 bits per heavy atom. The second-order valence-corrected chi connectivity index (χ2v) is 3.98. The molecule has 1 aliphatic heterocycles. The SMILES string of the molecule is NC1(CN2CCC(F)C2)CC1. The molecule has 1 aliphatic carbocycles. The zero-order valence-corrected chi connectivity index (χ0v) is 6.72. The van der Waals surface area contributed by atoms with Crippen molar-refractivity contribution in [1.29, 1.82) is 0 Å². The molecule has 1 saturated heterocycles. The fourth-order valence-electron chi connectivity index (χ4n) is 1.69. The lowest BCUT2D eigenvalue weighted by Gasteiger charge is -2.18. The molecule has 64 valence electrons. The maximum absolute atomic E-state index is 12.7. The first-order chi connectivity index (χ1) is 5.18. The summed E-state index contributed by atoms with van der Waals surface area (Å²) in [5, 5.41) is 0. The monoisotopic (exact) mass is 158 g/mol. The van der Waals surface area contributed by atoms with E-state index in [1.807, 2.05) is 0 Å². The highest BCUT2D eigenvalue weighted by atomic mass is 19.1. The zero-order valence-electron chi connectivity index (χ0n) is 6.72.